The second-order valence-corrected chi connectivity index (χ2v) is 3.99. The predicted molar refractivity (Wildman–Crippen MR) is 57.2 cm³/mol. The van der Waals surface area contributed by atoms with Gasteiger partial charge in [0, 0.05) is 0 Å². The molecule has 0 rings (SSSR count). The van der Waals surface area contributed by atoms with E-state index < -0.39 is 0 Å². The van der Waals surface area contributed by atoms with Crippen LogP contribution in [0.3, 0.4) is 0 Å². The third-order valence-corrected chi connectivity index (χ3v) is 2.31. The van der Waals surface area contributed by atoms with Crippen molar-refractivity contribution in [2.75, 3.05) is 0 Å². The van der Waals surface area contributed by atoms with Gasteiger partial charge >= 0.3 is 0 Å². The predicted octanol–water partition coefficient (Wildman–Crippen LogP) is 4.19. The molecule has 0 aliphatic heterocycles. The van der Waals surface area contributed by atoms with Gasteiger partial charge in [0.05, 0.1) is 0 Å². The maximum atomic E-state index is 2.31. The molecule has 0 aromatic heterocycles. The second kappa shape index (κ2) is 5.18. The summed E-state index contributed by atoms with van der Waals surface area (Å²) in [6.45, 7) is 13.3. The molecule has 0 radical (unpaired) electrons. The average molecular weight is 166 g/mol. The fourth-order valence-electron chi connectivity index (χ4n) is 1.01. The first kappa shape index (κ1) is 11.5. The summed E-state index contributed by atoms with van der Waals surface area (Å²) in [5.41, 5.74) is 2.91. The minimum atomic E-state index is 0.642. The van der Waals surface area contributed by atoms with Gasteiger partial charge in [0.15, 0.2) is 0 Å². The van der Waals surface area contributed by atoms with Crippen molar-refractivity contribution in [2.45, 2.75) is 41.5 Å². The number of hydrogen-bond donors (Lipinski definition) is 0. The van der Waals surface area contributed by atoms with Gasteiger partial charge in [-0.2, -0.15) is 0 Å². The first-order valence-electron chi connectivity index (χ1n) is 4.83. The number of allylic oxidation sites excluding steroid dienone is 4. The Morgan fingerprint density at radius 2 is 1.50 bits per heavy atom. The molecule has 0 bridgehead atoms. The molecule has 70 valence electrons. The van der Waals surface area contributed by atoms with Crippen LogP contribution in [-0.4, -0.2) is 0 Å². The average Bonchev–Trinajstić information content (AvgIpc) is 1.98. The van der Waals surface area contributed by atoms with E-state index in [1.807, 2.05) is 0 Å². The van der Waals surface area contributed by atoms with Crippen LogP contribution in [0.2, 0.25) is 0 Å². The Labute approximate surface area is 77.4 Å². The third-order valence-electron chi connectivity index (χ3n) is 2.31. The third kappa shape index (κ3) is 3.75. The van der Waals surface area contributed by atoms with Crippen molar-refractivity contribution < 1.29 is 0 Å². The topological polar surface area (TPSA) is 0 Å². The minimum absolute atomic E-state index is 0.642. The Kier molecular flexibility index (Phi) is 4.96. The van der Waals surface area contributed by atoms with Gasteiger partial charge < -0.3 is 0 Å². The van der Waals surface area contributed by atoms with E-state index in [-0.39, 0.29) is 0 Å². The monoisotopic (exact) mass is 166 g/mol. The Morgan fingerprint density at radius 3 is 1.75 bits per heavy atom. The minimum Gasteiger partial charge on any atom is -0.0842 e. The van der Waals surface area contributed by atoms with E-state index in [9.17, 15) is 0 Å². The van der Waals surface area contributed by atoms with E-state index in [2.05, 4.69) is 53.7 Å². The van der Waals surface area contributed by atoms with Crippen molar-refractivity contribution in [1.82, 2.24) is 0 Å². The summed E-state index contributed by atoms with van der Waals surface area (Å²) in [7, 11) is 0. The molecule has 0 aliphatic carbocycles. The van der Waals surface area contributed by atoms with Gasteiger partial charge in [0.2, 0.25) is 0 Å². The summed E-state index contributed by atoms with van der Waals surface area (Å²) >= 11 is 0. The zero-order valence-corrected chi connectivity index (χ0v) is 9.31. The summed E-state index contributed by atoms with van der Waals surface area (Å²) < 4.78 is 0. The second-order valence-electron chi connectivity index (χ2n) is 3.99. The lowest BCUT2D eigenvalue weighted by molar-refractivity contribution is 0.748. The molecule has 0 heteroatoms. The molecule has 12 heavy (non-hydrogen) atoms. The van der Waals surface area contributed by atoms with Crippen LogP contribution in [0, 0.1) is 11.8 Å². The molecular formula is C12H22. The first-order chi connectivity index (χ1) is 5.49. The van der Waals surface area contributed by atoms with E-state index in [0.717, 1.165) is 0 Å². The van der Waals surface area contributed by atoms with Crippen LogP contribution in [0.25, 0.3) is 0 Å². The van der Waals surface area contributed by atoms with E-state index >= 15 is 0 Å². The van der Waals surface area contributed by atoms with Gasteiger partial charge in [0.1, 0.15) is 0 Å². The lowest BCUT2D eigenvalue weighted by Crippen LogP contribution is -1.94. The summed E-state index contributed by atoms with van der Waals surface area (Å²) in [6, 6.07) is 0. The van der Waals surface area contributed by atoms with E-state index in [4.69, 9.17) is 0 Å². The highest BCUT2D eigenvalue weighted by Gasteiger charge is 2.01. The van der Waals surface area contributed by atoms with Crippen molar-refractivity contribution in [3.8, 4) is 0 Å². The Balaban J connectivity index is 4.49. The summed E-state index contributed by atoms with van der Waals surface area (Å²) in [6.07, 6.45) is 4.52. The van der Waals surface area contributed by atoms with Crippen molar-refractivity contribution in [3.05, 3.63) is 23.3 Å². The van der Waals surface area contributed by atoms with Crippen LogP contribution in [0.1, 0.15) is 41.5 Å². The molecule has 0 unspecified atom stereocenters. The van der Waals surface area contributed by atoms with Gasteiger partial charge in [0.25, 0.3) is 0 Å². The van der Waals surface area contributed by atoms with Crippen LogP contribution in [0.4, 0.5) is 0 Å². The highest BCUT2D eigenvalue weighted by Crippen LogP contribution is 2.17. The van der Waals surface area contributed by atoms with Crippen molar-refractivity contribution in [2.24, 2.45) is 11.8 Å². The van der Waals surface area contributed by atoms with Crippen molar-refractivity contribution >= 4 is 0 Å². The molecular weight excluding hydrogens is 144 g/mol. The molecule has 0 fully saturated rings. The summed E-state index contributed by atoms with van der Waals surface area (Å²) in [5.74, 6) is 1.31. The normalized spacial score (nSPS) is 14.7. The summed E-state index contributed by atoms with van der Waals surface area (Å²) in [5, 5.41) is 0. The molecule has 0 N–H and O–H groups in total. The molecule has 0 saturated carbocycles. The first-order valence-corrected chi connectivity index (χ1v) is 4.83. The number of rotatable bonds is 3. The van der Waals surface area contributed by atoms with Crippen LogP contribution in [0.5, 0.6) is 0 Å². The SMILES string of the molecule is C/C=C(\C=C(/C)C(C)C)C(C)C. The molecule has 0 atom stereocenters. The molecule has 0 amide bonds. The maximum Gasteiger partial charge on any atom is -0.0222 e. The number of hydrogen-bond acceptors (Lipinski definition) is 0. The van der Waals surface area contributed by atoms with Gasteiger partial charge in [-0.3, -0.25) is 0 Å². The molecule has 0 spiro atoms. The molecule has 0 heterocycles. The van der Waals surface area contributed by atoms with E-state index in [1.54, 1.807) is 0 Å². The maximum absolute atomic E-state index is 2.31. The lowest BCUT2D eigenvalue weighted by atomic mass is 9.96. The van der Waals surface area contributed by atoms with Crippen molar-refractivity contribution in [3.63, 3.8) is 0 Å². The van der Waals surface area contributed by atoms with Gasteiger partial charge in [-0.05, 0) is 31.3 Å². The fourth-order valence-corrected chi connectivity index (χ4v) is 1.01. The quantitative estimate of drug-likeness (QED) is 0.551. The molecule has 0 aliphatic rings. The van der Waals surface area contributed by atoms with Crippen LogP contribution < -0.4 is 0 Å². The Bertz CT molecular complexity index is 180. The highest BCUT2D eigenvalue weighted by atomic mass is 14.1. The van der Waals surface area contributed by atoms with Gasteiger partial charge in [-0.1, -0.05) is 45.4 Å². The zero-order chi connectivity index (χ0) is 9.72. The molecule has 0 saturated heterocycles. The largest absolute Gasteiger partial charge is 0.0842 e. The van der Waals surface area contributed by atoms with Crippen LogP contribution in [-0.2, 0) is 0 Å². The standard InChI is InChI=1S/C12H22/c1-7-12(10(4)5)8-11(6)9(2)3/h7-10H,1-6H3/b11-8+,12-7+. The molecule has 0 nitrogen and oxygen atoms in total. The van der Waals surface area contributed by atoms with Crippen molar-refractivity contribution in [1.29, 1.82) is 0 Å². The van der Waals surface area contributed by atoms with E-state index in [1.165, 1.54) is 11.1 Å². The molecule has 0 aromatic carbocycles. The van der Waals surface area contributed by atoms with Gasteiger partial charge in [-0.25, -0.2) is 0 Å². The molecule has 0 aromatic rings. The Morgan fingerprint density at radius 1 is 1.00 bits per heavy atom. The lowest BCUT2D eigenvalue weighted by Gasteiger charge is -2.10. The van der Waals surface area contributed by atoms with Crippen LogP contribution >= 0.6 is 0 Å². The smallest absolute Gasteiger partial charge is 0.0222 e. The fraction of sp³-hybridized carbons (Fsp3) is 0.667. The van der Waals surface area contributed by atoms with Gasteiger partial charge in [-0.15, -0.1) is 0 Å². The van der Waals surface area contributed by atoms with Crippen LogP contribution in [0.15, 0.2) is 23.3 Å². The van der Waals surface area contributed by atoms with E-state index in [0.29, 0.717) is 11.8 Å². The highest BCUT2D eigenvalue weighted by molar-refractivity contribution is 5.24. The summed E-state index contributed by atoms with van der Waals surface area (Å²) in [4.78, 5) is 0. The zero-order valence-electron chi connectivity index (χ0n) is 9.31. The Hall–Kier alpha value is -0.520.